The van der Waals surface area contributed by atoms with Crippen LogP contribution >= 0.6 is 11.6 Å². The fourth-order valence-corrected chi connectivity index (χ4v) is 4.59. The summed E-state index contributed by atoms with van der Waals surface area (Å²) >= 11 is 6.06. The fourth-order valence-electron chi connectivity index (χ4n) is 4.45. The zero-order valence-electron chi connectivity index (χ0n) is 19.0. The summed E-state index contributed by atoms with van der Waals surface area (Å²) in [6.07, 6.45) is -11.3. The molecule has 3 rings (SSSR count). The lowest BCUT2D eigenvalue weighted by Gasteiger charge is -2.36. The third kappa shape index (κ3) is 7.75. The first-order chi connectivity index (χ1) is 16.3. The standard InChI is InChI=1S/C25H28ClF6NO2/c1-15(26)16-8-10-20(11-9-16)35-21-7-3-5-18(13-21)23(33-14-22(34)25(30,31)32)17-4-2-6-19(12-17)24(27,28)29/h3,5,7-11,13,15,17,19,22-23,33-34H,2,4,6,12,14H2,1H3. The molecule has 35 heavy (non-hydrogen) atoms. The minimum atomic E-state index is -4.84. The highest BCUT2D eigenvalue weighted by atomic mass is 35.5. The topological polar surface area (TPSA) is 41.5 Å². The van der Waals surface area contributed by atoms with Gasteiger partial charge in [0.05, 0.1) is 11.3 Å². The van der Waals surface area contributed by atoms with Crippen LogP contribution in [0.1, 0.15) is 55.2 Å². The summed E-state index contributed by atoms with van der Waals surface area (Å²) < 4.78 is 84.7. The molecule has 5 unspecified atom stereocenters. The van der Waals surface area contributed by atoms with Gasteiger partial charge in [-0.15, -0.1) is 11.6 Å². The third-order valence-electron chi connectivity index (χ3n) is 6.35. The molecule has 1 aliphatic rings. The molecule has 10 heteroatoms. The highest BCUT2D eigenvalue weighted by Crippen LogP contribution is 2.44. The Morgan fingerprint density at radius 2 is 1.69 bits per heavy atom. The zero-order chi connectivity index (χ0) is 25.8. The quantitative estimate of drug-likeness (QED) is 0.275. The molecular weight excluding hydrogens is 496 g/mol. The van der Waals surface area contributed by atoms with Gasteiger partial charge in [0.1, 0.15) is 11.5 Å². The average molecular weight is 524 g/mol. The van der Waals surface area contributed by atoms with E-state index in [1.54, 1.807) is 48.5 Å². The summed E-state index contributed by atoms with van der Waals surface area (Å²) in [5.41, 5.74) is 1.40. The molecule has 194 valence electrons. The summed E-state index contributed by atoms with van der Waals surface area (Å²) in [7, 11) is 0. The third-order valence-corrected chi connectivity index (χ3v) is 6.60. The van der Waals surface area contributed by atoms with E-state index in [-0.39, 0.29) is 18.2 Å². The van der Waals surface area contributed by atoms with Crippen molar-refractivity contribution in [2.24, 2.45) is 11.8 Å². The number of rotatable bonds is 8. The van der Waals surface area contributed by atoms with Crippen LogP contribution in [0.3, 0.4) is 0 Å². The van der Waals surface area contributed by atoms with Gasteiger partial charge >= 0.3 is 12.4 Å². The van der Waals surface area contributed by atoms with Gasteiger partial charge < -0.3 is 15.2 Å². The van der Waals surface area contributed by atoms with Gasteiger partial charge in [-0.05, 0) is 67.5 Å². The van der Waals surface area contributed by atoms with Gasteiger partial charge in [-0.3, -0.25) is 0 Å². The Morgan fingerprint density at radius 3 is 2.29 bits per heavy atom. The van der Waals surface area contributed by atoms with Crippen molar-refractivity contribution in [3.8, 4) is 11.5 Å². The summed E-state index contributed by atoms with van der Waals surface area (Å²) in [4.78, 5) is 0. The lowest BCUT2D eigenvalue weighted by molar-refractivity contribution is -0.202. The highest BCUT2D eigenvalue weighted by molar-refractivity contribution is 6.20. The molecule has 0 bridgehead atoms. The monoisotopic (exact) mass is 523 g/mol. The Hall–Kier alpha value is -1.97. The Morgan fingerprint density at radius 1 is 1.00 bits per heavy atom. The number of hydrogen-bond acceptors (Lipinski definition) is 3. The van der Waals surface area contributed by atoms with Crippen molar-refractivity contribution in [1.82, 2.24) is 5.32 Å². The number of aliphatic hydroxyl groups excluding tert-OH is 1. The second-order valence-electron chi connectivity index (χ2n) is 8.97. The van der Waals surface area contributed by atoms with Crippen molar-refractivity contribution < 1.29 is 36.2 Å². The Kier molecular flexibility index (Phi) is 8.99. The number of alkyl halides is 7. The van der Waals surface area contributed by atoms with Gasteiger partial charge in [0.25, 0.3) is 0 Å². The van der Waals surface area contributed by atoms with Gasteiger partial charge in [0, 0.05) is 12.6 Å². The van der Waals surface area contributed by atoms with E-state index in [4.69, 9.17) is 16.3 Å². The number of halogens is 7. The minimum Gasteiger partial charge on any atom is -0.457 e. The zero-order valence-corrected chi connectivity index (χ0v) is 19.8. The van der Waals surface area contributed by atoms with E-state index >= 15 is 0 Å². The Bertz CT molecular complexity index is 948. The summed E-state index contributed by atoms with van der Waals surface area (Å²) in [5.74, 6) is -1.17. The molecular formula is C25H28ClF6NO2. The number of ether oxygens (including phenoxy) is 1. The van der Waals surface area contributed by atoms with Crippen LogP contribution in [-0.4, -0.2) is 30.1 Å². The van der Waals surface area contributed by atoms with Gasteiger partial charge in [0.2, 0.25) is 0 Å². The van der Waals surface area contributed by atoms with Crippen molar-refractivity contribution in [2.45, 2.75) is 62.5 Å². The van der Waals surface area contributed by atoms with Gasteiger partial charge in [-0.2, -0.15) is 26.3 Å². The van der Waals surface area contributed by atoms with Gasteiger partial charge in [-0.25, -0.2) is 0 Å². The number of hydrogen-bond donors (Lipinski definition) is 2. The molecule has 3 nitrogen and oxygen atoms in total. The van der Waals surface area contributed by atoms with E-state index in [9.17, 15) is 31.4 Å². The largest absolute Gasteiger partial charge is 0.457 e. The number of aliphatic hydroxyl groups is 1. The van der Waals surface area contributed by atoms with Crippen LogP contribution in [0.15, 0.2) is 48.5 Å². The van der Waals surface area contributed by atoms with Crippen LogP contribution < -0.4 is 10.1 Å². The van der Waals surface area contributed by atoms with Crippen molar-refractivity contribution in [2.75, 3.05) is 6.54 Å². The highest BCUT2D eigenvalue weighted by Gasteiger charge is 2.44. The molecule has 0 aromatic heterocycles. The molecule has 2 N–H and O–H groups in total. The predicted octanol–water partition coefficient (Wildman–Crippen LogP) is 7.70. The molecule has 0 heterocycles. The lowest BCUT2D eigenvalue weighted by atomic mass is 9.75. The molecule has 5 atom stereocenters. The summed E-state index contributed by atoms with van der Waals surface area (Å²) in [6, 6.07) is 12.8. The molecule has 0 radical (unpaired) electrons. The number of nitrogens with one attached hydrogen (secondary N) is 1. The van der Waals surface area contributed by atoms with Crippen molar-refractivity contribution in [1.29, 1.82) is 0 Å². The maximum atomic E-state index is 13.4. The molecule has 2 aromatic carbocycles. The normalized spacial score (nSPS) is 21.9. The molecule has 1 saturated carbocycles. The Labute approximate surface area is 205 Å². The SMILES string of the molecule is CC(Cl)c1ccc(Oc2cccc(C(NCC(O)C(F)(F)F)C3CCCC(C(F)(F)F)C3)c2)cc1. The molecule has 2 aromatic rings. The molecule has 1 fully saturated rings. The number of benzene rings is 2. The molecule has 0 aliphatic heterocycles. The van der Waals surface area contributed by atoms with E-state index in [0.29, 0.717) is 29.9 Å². The van der Waals surface area contributed by atoms with Crippen LogP contribution in [-0.2, 0) is 0 Å². The molecule has 1 aliphatic carbocycles. The van der Waals surface area contributed by atoms with E-state index in [2.05, 4.69) is 5.32 Å². The minimum absolute atomic E-state index is 0.00202. The Balaban J connectivity index is 1.83. The van der Waals surface area contributed by atoms with E-state index < -0.39 is 42.9 Å². The van der Waals surface area contributed by atoms with Crippen LogP contribution in [0, 0.1) is 11.8 Å². The van der Waals surface area contributed by atoms with E-state index in [1.165, 1.54) is 0 Å². The first-order valence-electron chi connectivity index (χ1n) is 11.4. The lowest BCUT2D eigenvalue weighted by Crippen LogP contribution is -2.42. The fraction of sp³-hybridized carbons (Fsp3) is 0.520. The molecule has 0 saturated heterocycles. The smallest absolute Gasteiger partial charge is 0.415 e. The van der Waals surface area contributed by atoms with Crippen LogP contribution in [0.2, 0.25) is 0 Å². The average Bonchev–Trinajstić information content (AvgIpc) is 2.79. The van der Waals surface area contributed by atoms with Crippen LogP contribution in [0.4, 0.5) is 26.3 Å². The van der Waals surface area contributed by atoms with Crippen LogP contribution in [0.5, 0.6) is 11.5 Å². The van der Waals surface area contributed by atoms with E-state index in [0.717, 1.165) is 5.56 Å². The second kappa shape index (κ2) is 11.4. The first kappa shape index (κ1) is 27.6. The maximum absolute atomic E-state index is 13.4. The predicted molar refractivity (Wildman–Crippen MR) is 122 cm³/mol. The summed E-state index contributed by atoms with van der Waals surface area (Å²) in [6.45, 7) is 1.00. The first-order valence-corrected chi connectivity index (χ1v) is 11.8. The van der Waals surface area contributed by atoms with Crippen LogP contribution in [0.25, 0.3) is 0 Å². The second-order valence-corrected chi connectivity index (χ2v) is 9.62. The maximum Gasteiger partial charge on any atom is 0.415 e. The molecule has 0 amide bonds. The van der Waals surface area contributed by atoms with Gasteiger partial charge in [0.15, 0.2) is 6.10 Å². The van der Waals surface area contributed by atoms with E-state index in [1.807, 2.05) is 6.92 Å². The van der Waals surface area contributed by atoms with Crippen molar-refractivity contribution in [3.05, 3.63) is 59.7 Å². The van der Waals surface area contributed by atoms with Crippen molar-refractivity contribution in [3.63, 3.8) is 0 Å². The van der Waals surface area contributed by atoms with Gasteiger partial charge in [-0.1, -0.05) is 30.7 Å². The summed E-state index contributed by atoms with van der Waals surface area (Å²) in [5, 5.41) is 12.0. The van der Waals surface area contributed by atoms with Crippen molar-refractivity contribution >= 4 is 11.6 Å². The molecule has 0 spiro atoms.